The summed E-state index contributed by atoms with van der Waals surface area (Å²) in [6.07, 6.45) is -1.18. The van der Waals surface area contributed by atoms with Gasteiger partial charge in [-0.3, -0.25) is 4.98 Å². The maximum atomic E-state index is 13.0. The Kier molecular flexibility index (Phi) is 6.59. The van der Waals surface area contributed by atoms with E-state index in [2.05, 4.69) is 15.1 Å². The molecule has 0 aliphatic heterocycles. The molecule has 6 nitrogen and oxygen atoms in total. The number of methoxy groups -OCH3 is 1. The summed E-state index contributed by atoms with van der Waals surface area (Å²) in [7, 11) is 1.56. The highest BCUT2D eigenvalue weighted by Gasteiger charge is 2.35. The quantitative estimate of drug-likeness (QED) is 0.866. The molecule has 1 aliphatic carbocycles. The lowest BCUT2D eigenvalue weighted by molar-refractivity contribution is -0.143. The molecule has 1 fully saturated rings. The van der Waals surface area contributed by atoms with Crippen LogP contribution in [0.2, 0.25) is 0 Å². The van der Waals surface area contributed by atoms with Crippen LogP contribution < -0.4 is 5.73 Å². The zero-order valence-corrected chi connectivity index (χ0v) is 15.0. The van der Waals surface area contributed by atoms with Crippen LogP contribution in [0.3, 0.4) is 0 Å². The van der Waals surface area contributed by atoms with E-state index in [1.165, 1.54) is 0 Å². The van der Waals surface area contributed by atoms with Crippen LogP contribution in [0.25, 0.3) is 11.5 Å². The molecule has 144 valence electrons. The monoisotopic (exact) mass is 391 g/mol. The van der Waals surface area contributed by atoms with Crippen molar-refractivity contribution in [1.82, 2.24) is 19.7 Å². The highest BCUT2D eigenvalue weighted by molar-refractivity contribution is 5.85. The summed E-state index contributed by atoms with van der Waals surface area (Å²) in [6.45, 7) is -1.18. The average molecular weight is 392 g/mol. The Bertz CT molecular complexity index is 710. The van der Waals surface area contributed by atoms with Gasteiger partial charge in [-0.05, 0) is 31.4 Å². The number of ether oxygens (including phenoxy) is 1. The fourth-order valence-electron chi connectivity index (χ4n) is 3.20. The lowest BCUT2D eigenvalue weighted by atomic mass is 9.83. The molecule has 0 amide bonds. The van der Waals surface area contributed by atoms with E-state index in [1.807, 2.05) is 0 Å². The van der Waals surface area contributed by atoms with Crippen molar-refractivity contribution in [3.63, 3.8) is 0 Å². The molecule has 1 aliphatic rings. The van der Waals surface area contributed by atoms with Crippen molar-refractivity contribution in [3.8, 4) is 11.5 Å². The van der Waals surface area contributed by atoms with Crippen LogP contribution in [0, 0.1) is 0 Å². The smallest absolute Gasteiger partial charge is 0.380 e. The summed E-state index contributed by atoms with van der Waals surface area (Å²) in [5.41, 5.74) is 6.45. The van der Waals surface area contributed by atoms with Crippen molar-refractivity contribution in [2.45, 2.75) is 50.0 Å². The van der Waals surface area contributed by atoms with Gasteiger partial charge in [0.1, 0.15) is 18.1 Å². The molecule has 0 aromatic carbocycles. The van der Waals surface area contributed by atoms with Gasteiger partial charge in [0.05, 0.1) is 6.10 Å². The first-order valence-corrected chi connectivity index (χ1v) is 8.08. The van der Waals surface area contributed by atoms with Crippen LogP contribution in [0.1, 0.15) is 31.0 Å². The molecule has 3 atom stereocenters. The Balaban J connectivity index is 0.00000243. The predicted octanol–water partition coefficient (Wildman–Crippen LogP) is 2.93. The second-order valence-electron chi connectivity index (χ2n) is 6.23. The van der Waals surface area contributed by atoms with Gasteiger partial charge in [0.2, 0.25) is 0 Å². The van der Waals surface area contributed by atoms with E-state index in [0.29, 0.717) is 30.8 Å². The maximum absolute atomic E-state index is 13.0. The molecule has 26 heavy (non-hydrogen) atoms. The summed E-state index contributed by atoms with van der Waals surface area (Å²) in [5.74, 6) is 0.327. The molecule has 0 spiro atoms. The molecule has 2 aromatic heterocycles. The molecule has 10 heteroatoms. The van der Waals surface area contributed by atoms with Gasteiger partial charge < -0.3 is 10.5 Å². The summed E-state index contributed by atoms with van der Waals surface area (Å²) < 4.78 is 45.2. The molecule has 2 aromatic rings. The van der Waals surface area contributed by atoms with Gasteiger partial charge in [0.25, 0.3) is 0 Å². The summed E-state index contributed by atoms with van der Waals surface area (Å²) in [5, 5.41) is 4.06. The molecule has 0 unspecified atom stereocenters. The second-order valence-corrected chi connectivity index (χ2v) is 6.23. The maximum Gasteiger partial charge on any atom is 0.408 e. The minimum Gasteiger partial charge on any atom is -0.380 e. The summed E-state index contributed by atoms with van der Waals surface area (Å²) in [4.78, 5) is 8.50. The predicted molar refractivity (Wildman–Crippen MR) is 91.9 cm³/mol. The Morgan fingerprint density at radius 1 is 1.31 bits per heavy atom. The van der Waals surface area contributed by atoms with E-state index in [1.54, 1.807) is 31.5 Å². The molecule has 0 saturated heterocycles. The number of hydrogen-bond donors (Lipinski definition) is 1. The highest BCUT2D eigenvalue weighted by atomic mass is 35.5. The third-order valence-electron chi connectivity index (χ3n) is 4.43. The van der Waals surface area contributed by atoms with E-state index in [9.17, 15) is 13.2 Å². The van der Waals surface area contributed by atoms with Crippen molar-refractivity contribution in [2.75, 3.05) is 7.11 Å². The fraction of sp³-hybridized carbons (Fsp3) is 0.562. The van der Waals surface area contributed by atoms with Crippen molar-refractivity contribution in [2.24, 2.45) is 5.73 Å². The standard InChI is InChI=1S/C16H20F3N5O.ClH/c1-25-13-8-10(5-6-11(13)20)15-22-14(12-4-2-3-7-21-12)23-24(15)9-16(17,18)19;/h2-4,7,10-11,13H,5-6,8-9,20H2,1H3;1H/t10-,11+,13+;/m0./s1. The van der Waals surface area contributed by atoms with Gasteiger partial charge in [-0.1, -0.05) is 6.07 Å². The number of hydrogen-bond acceptors (Lipinski definition) is 5. The van der Waals surface area contributed by atoms with Crippen molar-refractivity contribution in [3.05, 3.63) is 30.2 Å². The number of rotatable bonds is 4. The summed E-state index contributed by atoms with van der Waals surface area (Å²) >= 11 is 0. The van der Waals surface area contributed by atoms with Crippen molar-refractivity contribution < 1.29 is 17.9 Å². The van der Waals surface area contributed by atoms with Gasteiger partial charge in [-0.25, -0.2) is 9.67 Å². The largest absolute Gasteiger partial charge is 0.408 e. The Morgan fingerprint density at radius 2 is 2.08 bits per heavy atom. The molecule has 3 rings (SSSR count). The van der Waals surface area contributed by atoms with E-state index in [0.717, 1.165) is 4.68 Å². The minimum atomic E-state index is -4.38. The summed E-state index contributed by atoms with van der Waals surface area (Å²) in [6, 6.07) is 5.03. The molecular formula is C16H21ClF3N5O. The number of alkyl halides is 3. The Hall–Kier alpha value is -1.71. The Labute approximate surface area is 155 Å². The van der Waals surface area contributed by atoms with Gasteiger partial charge in [0, 0.05) is 25.3 Å². The van der Waals surface area contributed by atoms with E-state index in [4.69, 9.17) is 10.5 Å². The van der Waals surface area contributed by atoms with Crippen LogP contribution in [-0.2, 0) is 11.3 Å². The van der Waals surface area contributed by atoms with Crippen molar-refractivity contribution >= 4 is 12.4 Å². The molecule has 2 heterocycles. The zero-order valence-electron chi connectivity index (χ0n) is 14.2. The first-order chi connectivity index (χ1) is 11.9. The highest BCUT2D eigenvalue weighted by Crippen LogP contribution is 2.34. The second kappa shape index (κ2) is 8.32. The fourth-order valence-corrected chi connectivity index (χ4v) is 3.20. The third kappa shape index (κ3) is 4.72. The van der Waals surface area contributed by atoms with Crippen LogP contribution >= 0.6 is 12.4 Å². The SMILES string of the molecule is CO[C@@H]1C[C@@H](c2nc(-c3ccccn3)nn2CC(F)(F)F)CC[C@H]1N.Cl. The van der Waals surface area contributed by atoms with E-state index >= 15 is 0 Å². The van der Waals surface area contributed by atoms with Crippen LogP contribution in [0.5, 0.6) is 0 Å². The normalized spacial score (nSPS) is 23.5. The third-order valence-corrected chi connectivity index (χ3v) is 4.43. The van der Waals surface area contributed by atoms with Gasteiger partial charge in [0.15, 0.2) is 5.82 Å². The number of halogens is 4. The van der Waals surface area contributed by atoms with E-state index < -0.39 is 12.7 Å². The lowest BCUT2D eigenvalue weighted by Gasteiger charge is -2.32. The van der Waals surface area contributed by atoms with Crippen molar-refractivity contribution in [1.29, 1.82) is 0 Å². The number of nitrogens with zero attached hydrogens (tertiary/aromatic N) is 4. The van der Waals surface area contributed by atoms with Gasteiger partial charge in [-0.15, -0.1) is 17.5 Å². The van der Waals surface area contributed by atoms with Gasteiger partial charge in [-0.2, -0.15) is 13.2 Å². The molecule has 2 N–H and O–H groups in total. The van der Waals surface area contributed by atoms with Crippen LogP contribution in [0.4, 0.5) is 13.2 Å². The minimum absolute atomic E-state index is 0. The molecule has 0 radical (unpaired) electrons. The average Bonchev–Trinajstić information content (AvgIpc) is 2.98. The van der Waals surface area contributed by atoms with Gasteiger partial charge >= 0.3 is 6.18 Å². The molecule has 0 bridgehead atoms. The van der Waals surface area contributed by atoms with Crippen LogP contribution in [-0.4, -0.2) is 45.2 Å². The lowest BCUT2D eigenvalue weighted by Crippen LogP contribution is -2.41. The zero-order chi connectivity index (χ0) is 18.0. The number of nitrogens with two attached hydrogens (primary N) is 1. The first-order valence-electron chi connectivity index (χ1n) is 8.08. The molecule has 1 saturated carbocycles. The number of pyridine rings is 1. The first kappa shape index (κ1) is 20.6. The molecular weight excluding hydrogens is 371 g/mol. The number of aromatic nitrogens is 4. The Morgan fingerprint density at radius 3 is 2.69 bits per heavy atom. The topological polar surface area (TPSA) is 78.9 Å². The van der Waals surface area contributed by atoms with Crippen LogP contribution in [0.15, 0.2) is 24.4 Å². The van der Waals surface area contributed by atoms with E-state index in [-0.39, 0.29) is 36.3 Å².